The predicted octanol–water partition coefficient (Wildman–Crippen LogP) is 4.82. The molecule has 2 aliphatic rings. The Balaban J connectivity index is 1.61. The lowest BCUT2D eigenvalue weighted by atomic mass is 10.1. The lowest BCUT2D eigenvalue weighted by Gasteiger charge is -2.14. The Morgan fingerprint density at radius 3 is 2.77 bits per heavy atom. The molecule has 156 valence electrons. The number of ether oxygens (including phenoxy) is 4. The Morgan fingerprint density at radius 1 is 1.20 bits per heavy atom. The maximum Gasteiger partial charge on any atom is 0.387 e. The lowest BCUT2D eigenvalue weighted by molar-refractivity contribution is -0.113. The fraction of sp³-hybridized carbons (Fsp3) is 0.200. The molecule has 2 aromatic carbocycles. The van der Waals surface area contributed by atoms with Gasteiger partial charge in [0.1, 0.15) is 0 Å². The maximum atomic E-state index is 13.0. The van der Waals surface area contributed by atoms with Gasteiger partial charge in [-0.2, -0.15) is 8.78 Å². The van der Waals surface area contributed by atoms with E-state index in [9.17, 15) is 13.6 Å². The van der Waals surface area contributed by atoms with Gasteiger partial charge in [-0.25, -0.2) is 0 Å². The van der Waals surface area contributed by atoms with Crippen molar-refractivity contribution in [2.45, 2.75) is 13.5 Å². The maximum absolute atomic E-state index is 13.0. The van der Waals surface area contributed by atoms with E-state index >= 15 is 0 Å². The van der Waals surface area contributed by atoms with E-state index in [2.05, 4.69) is 4.74 Å². The van der Waals surface area contributed by atoms with E-state index in [-0.39, 0.29) is 30.8 Å². The molecule has 1 amide bonds. The molecule has 2 aliphatic heterocycles. The van der Waals surface area contributed by atoms with Crippen molar-refractivity contribution in [2.75, 3.05) is 18.3 Å². The van der Waals surface area contributed by atoms with Crippen molar-refractivity contribution in [2.24, 2.45) is 0 Å². The highest BCUT2D eigenvalue weighted by Gasteiger charge is 2.34. The second-order valence-electron chi connectivity index (χ2n) is 6.07. The van der Waals surface area contributed by atoms with Crippen molar-refractivity contribution in [1.29, 1.82) is 0 Å². The zero-order valence-corrected chi connectivity index (χ0v) is 17.2. The number of carbonyl (C=O) groups is 1. The van der Waals surface area contributed by atoms with Crippen LogP contribution >= 0.6 is 24.0 Å². The molecule has 10 heteroatoms. The van der Waals surface area contributed by atoms with Gasteiger partial charge in [0.2, 0.25) is 6.79 Å². The van der Waals surface area contributed by atoms with Crippen molar-refractivity contribution in [3.63, 3.8) is 0 Å². The van der Waals surface area contributed by atoms with Gasteiger partial charge in [0, 0.05) is 6.07 Å². The number of hydrogen-bond acceptors (Lipinski definition) is 7. The Bertz CT molecular complexity index is 1040. The first-order valence-corrected chi connectivity index (χ1v) is 10.1. The molecule has 0 saturated carbocycles. The second kappa shape index (κ2) is 8.49. The monoisotopic (exact) mass is 451 g/mol. The fourth-order valence-corrected chi connectivity index (χ4v) is 4.24. The first-order valence-electron chi connectivity index (χ1n) is 8.85. The number of nitrogens with zero attached hydrogens (tertiary/aromatic N) is 1. The summed E-state index contributed by atoms with van der Waals surface area (Å²) in [5, 5.41) is 0. The average Bonchev–Trinajstić information content (AvgIpc) is 3.27. The molecule has 2 aromatic rings. The molecule has 30 heavy (non-hydrogen) atoms. The molecule has 0 aromatic heterocycles. The summed E-state index contributed by atoms with van der Waals surface area (Å²) in [5.74, 6) is 0.945. The van der Waals surface area contributed by atoms with Crippen LogP contribution in [0, 0.1) is 0 Å². The fourth-order valence-electron chi connectivity index (χ4n) is 2.94. The van der Waals surface area contributed by atoms with Crippen LogP contribution in [0.1, 0.15) is 12.5 Å². The van der Waals surface area contributed by atoms with Gasteiger partial charge >= 0.3 is 6.61 Å². The molecule has 1 fully saturated rings. The van der Waals surface area contributed by atoms with Crippen LogP contribution < -0.4 is 23.8 Å². The van der Waals surface area contributed by atoms with Gasteiger partial charge in [0.15, 0.2) is 27.3 Å². The van der Waals surface area contributed by atoms with Gasteiger partial charge in [-0.05, 0) is 42.8 Å². The highest BCUT2D eigenvalue weighted by molar-refractivity contribution is 8.27. The standard InChI is InChI=1S/C20H15F2NO5S2/c1-2-25-15-7-11(3-5-14(15)28-19(21)22)8-17-18(24)23(20(29)30-17)12-4-6-13-16(9-12)27-10-26-13/h3-9,19H,2,10H2,1H3/b17-8-. The Morgan fingerprint density at radius 2 is 2.00 bits per heavy atom. The number of carbonyl (C=O) groups excluding carboxylic acids is 1. The van der Waals surface area contributed by atoms with Crippen molar-refractivity contribution in [3.8, 4) is 23.0 Å². The van der Waals surface area contributed by atoms with E-state index in [1.54, 1.807) is 37.3 Å². The quantitative estimate of drug-likeness (QED) is 0.461. The third-order valence-electron chi connectivity index (χ3n) is 4.19. The largest absolute Gasteiger partial charge is 0.490 e. The van der Waals surface area contributed by atoms with E-state index in [1.807, 2.05) is 0 Å². The van der Waals surface area contributed by atoms with Crippen LogP contribution in [0.3, 0.4) is 0 Å². The number of amides is 1. The third-order valence-corrected chi connectivity index (χ3v) is 5.49. The minimum absolute atomic E-state index is 0.0723. The zero-order valence-electron chi connectivity index (χ0n) is 15.6. The summed E-state index contributed by atoms with van der Waals surface area (Å²) < 4.78 is 46.0. The molecule has 0 N–H and O–H groups in total. The number of thiocarbonyl (C=S) groups is 1. The average molecular weight is 451 g/mol. The normalized spacial score (nSPS) is 16.7. The molecule has 0 aliphatic carbocycles. The molecule has 1 saturated heterocycles. The number of fused-ring (bicyclic) bond motifs is 1. The van der Waals surface area contributed by atoms with Gasteiger partial charge in [-0.3, -0.25) is 9.69 Å². The number of rotatable bonds is 6. The van der Waals surface area contributed by atoms with Crippen LogP contribution in [0.4, 0.5) is 14.5 Å². The Hall–Kier alpha value is -2.85. The minimum Gasteiger partial charge on any atom is -0.490 e. The second-order valence-corrected chi connectivity index (χ2v) is 7.75. The van der Waals surface area contributed by atoms with Crippen molar-refractivity contribution < 1.29 is 32.5 Å². The lowest BCUT2D eigenvalue weighted by Crippen LogP contribution is -2.27. The summed E-state index contributed by atoms with van der Waals surface area (Å²) in [4.78, 5) is 14.8. The number of anilines is 1. The summed E-state index contributed by atoms with van der Waals surface area (Å²) >= 11 is 6.53. The SMILES string of the molecule is CCOc1cc(/C=C2\SC(=S)N(c3ccc4c(c3)OCO4)C2=O)ccc1OC(F)F. The van der Waals surface area contributed by atoms with E-state index in [0.29, 0.717) is 32.0 Å². The Kier molecular flexibility index (Phi) is 5.78. The molecule has 2 heterocycles. The third kappa shape index (κ3) is 4.05. The van der Waals surface area contributed by atoms with Gasteiger partial charge in [0.05, 0.1) is 17.2 Å². The summed E-state index contributed by atoms with van der Waals surface area (Å²) in [5.41, 5.74) is 1.16. The van der Waals surface area contributed by atoms with Crippen LogP contribution in [0.2, 0.25) is 0 Å². The van der Waals surface area contributed by atoms with Gasteiger partial charge in [0.25, 0.3) is 5.91 Å². The highest BCUT2D eigenvalue weighted by Crippen LogP contribution is 2.41. The van der Waals surface area contributed by atoms with Crippen LogP contribution in [-0.4, -0.2) is 30.2 Å². The van der Waals surface area contributed by atoms with Crippen LogP contribution in [0.25, 0.3) is 6.08 Å². The first-order chi connectivity index (χ1) is 14.5. The molecule has 0 spiro atoms. The number of thioether (sulfide) groups is 1. The van der Waals surface area contributed by atoms with Gasteiger partial charge < -0.3 is 18.9 Å². The summed E-state index contributed by atoms with van der Waals surface area (Å²) in [6.07, 6.45) is 1.63. The number of benzene rings is 2. The molecule has 4 rings (SSSR count). The number of hydrogen-bond donors (Lipinski definition) is 0. The number of halogens is 2. The summed E-state index contributed by atoms with van der Waals surface area (Å²) in [6, 6.07) is 9.61. The molecule has 0 unspecified atom stereocenters. The van der Waals surface area contributed by atoms with E-state index in [0.717, 1.165) is 11.8 Å². The Labute approximate surface area is 180 Å². The molecule has 6 nitrogen and oxygen atoms in total. The van der Waals surface area contributed by atoms with E-state index in [4.69, 9.17) is 26.4 Å². The highest BCUT2D eigenvalue weighted by atomic mass is 32.2. The van der Waals surface area contributed by atoms with Gasteiger partial charge in [-0.15, -0.1) is 0 Å². The summed E-state index contributed by atoms with van der Waals surface area (Å²) in [6.45, 7) is -0.831. The van der Waals surface area contributed by atoms with Crippen LogP contribution in [0.5, 0.6) is 23.0 Å². The van der Waals surface area contributed by atoms with Crippen LogP contribution in [-0.2, 0) is 4.79 Å². The smallest absolute Gasteiger partial charge is 0.387 e. The molecular formula is C20H15F2NO5S2. The van der Waals surface area contributed by atoms with Gasteiger partial charge in [-0.1, -0.05) is 30.0 Å². The van der Waals surface area contributed by atoms with Crippen molar-refractivity contribution in [1.82, 2.24) is 0 Å². The topological polar surface area (TPSA) is 57.2 Å². The van der Waals surface area contributed by atoms with E-state index in [1.165, 1.54) is 17.0 Å². The van der Waals surface area contributed by atoms with Crippen molar-refractivity contribution in [3.05, 3.63) is 46.9 Å². The predicted molar refractivity (Wildman–Crippen MR) is 112 cm³/mol. The molecule has 0 atom stereocenters. The number of alkyl halides is 2. The molecule has 0 radical (unpaired) electrons. The summed E-state index contributed by atoms with van der Waals surface area (Å²) in [7, 11) is 0. The van der Waals surface area contributed by atoms with E-state index < -0.39 is 6.61 Å². The molecular weight excluding hydrogens is 436 g/mol. The van der Waals surface area contributed by atoms with Crippen molar-refractivity contribution >= 4 is 46.0 Å². The van der Waals surface area contributed by atoms with Crippen LogP contribution in [0.15, 0.2) is 41.3 Å². The minimum atomic E-state index is -2.96. The zero-order chi connectivity index (χ0) is 21.3. The molecule has 0 bridgehead atoms. The first kappa shape index (κ1) is 20.4.